The van der Waals surface area contributed by atoms with Crippen LogP contribution in [0.3, 0.4) is 0 Å². The summed E-state index contributed by atoms with van der Waals surface area (Å²) in [6.07, 6.45) is 0. The molecule has 0 saturated heterocycles. The van der Waals surface area contributed by atoms with Crippen LogP contribution in [0.4, 0.5) is 8.78 Å². The third-order valence-corrected chi connectivity index (χ3v) is 3.58. The number of benzene rings is 2. The molecule has 2 rings (SSSR count). The van der Waals surface area contributed by atoms with Crippen LogP contribution in [0.15, 0.2) is 53.5 Å². The van der Waals surface area contributed by atoms with Crippen LogP contribution in [-0.4, -0.2) is 39.9 Å². The third-order valence-electron chi connectivity index (χ3n) is 3.58. The van der Waals surface area contributed by atoms with Gasteiger partial charge < -0.3 is 24.8 Å². The number of guanidine groups is 1. The fraction of sp³-hybridized carbons (Fsp3) is 0.316. The largest absolute Gasteiger partial charge is 0.497 e. The normalized spacial score (nSPS) is 11.2. The molecule has 0 amide bonds. The molecule has 0 bridgehead atoms. The van der Waals surface area contributed by atoms with Crippen LogP contribution in [0.1, 0.15) is 5.56 Å². The van der Waals surface area contributed by atoms with E-state index >= 15 is 0 Å². The Morgan fingerprint density at radius 3 is 2.41 bits per heavy atom. The predicted molar refractivity (Wildman–Crippen MR) is 99.8 cm³/mol. The summed E-state index contributed by atoms with van der Waals surface area (Å²) in [5, 5.41) is 6.15. The number of halogens is 2. The summed E-state index contributed by atoms with van der Waals surface area (Å²) < 4.78 is 40.1. The average Bonchev–Trinajstić information content (AvgIpc) is 2.68. The van der Waals surface area contributed by atoms with Crippen molar-refractivity contribution in [2.24, 2.45) is 4.99 Å². The van der Waals surface area contributed by atoms with E-state index in [1.807, 2.05) is 24.3 Å². The highest BCUT2D eigenvalue weighted by atomic mass is 19.3. The molecule has 0 heterocycles. The Labute approximate surface area is 157 Å². The molecule has 0 unspecified atom stereocenters. The summed E-state index contributed by atoms with van der Waals surface area (Å²) in [6, 6.07) is 13.9. The van der Waals surface area contributed by atoms with Crippen molar-refractivity contribution >= 4 is 5.96 Å². The first-order valence-electron chi connectivity index (χ1n) is 8.36. The van der Waals surface area contributed by atoms with Gasteiger partial charge >= 0.3 is 6.61 Å². The van der Waals surface area contributed by atoms with Gasteiger partial charge in [-0.15, -0.1) is 0 Å². The molecular formula is C19H23F2N3O3. The van der Waals surface area contributed by atoms with E-state index in [0.717, 1.165) is 11.5 Å². The van der Waals surface area contributed by atoms with Crippen molar-refractivity contribution in [3.8, 4) is 17.2 Å². The topological polar surface area (TPSA) is 64.1 Å². The van der Waals surface area contributed by atoms with E-state index in [4.69, 9.17) is 9.47 Å². The quantitative estimate of drug-likeness (QED) is 0.398. The van der Waals surface area contributed by atoms with E-state index in [1.165, 1.54) is 6.07 Å². The number of aliphatic imine (C=N–C) groups is 1. The number of para-hydroxylation sites is 1. The fourth-order valence-corrected chi connectivity index (χ4v) is 2.27. The fourth-order valence-electron chi connectivity index (χ4n) is 2.27. The van der Waals surface area contributed by atoms with Gasteiger partial charge in [-0.05, 0) is 30.3 Å². The van der Waals surface area contributed by atoms with Gasteiger partial charge in [-0.2, -0.15) is 8.78 Å². The molecule has 0 saturated carbocycles. The molecule has 0 aliphatic heterocycles. The van der Waals surface area contributed by atoms with E-state index in [9.17, 15) is 8.78 Å². The number of alkyl halides is 2. The molecule has 0 radical (unpaired) electrons. The Morgan fingerprint density at radius 1 is 1.04 bits per heavy atom. The van der Waals surface area contributed by atoms with Crippen LogP contribution in [0.25, 0.3) is 0 Å². The molecule has 0 aliphatic carbocycles. The summed E-state index contributed by atoms with van der Waals surface area (Å²) in [6.45, 7) is -1.63. The molecule has 0 spiro atoms. The second-order valence-electron chi connectivity index (χ2n) is 5.36. The maximum Gasteiger partial charge on any atom is 0.387 e. The van der Waals surface area contributed by atoms with E-state index in [-0.39, 0.29) is 5.75 Å². The molecule has 8 heteroatoms. The highest BCUT2D eigenvalue weighted by Gasteiger charge is 2.09. The van der Waals surface area contributed by atoms with Gasteiger partial charge in [0.1, 0.15) is 23.9 Å². The minimum absolute atomic E-state index is 0.137. The van der Waals surface area contributed by atoms with Crippen molar-refractivity contribution < 1.29 is 23.0 Å². The highest BCUT2D eigenvalue weighted by molar-refractivity contribution is 5.79. The molecule has 2 N–H and O–H groups in total. The Morgan fingerprint density at radius 2 is 1.74 bits per heavy atom. The molecule has 0 aromatic heterocycles. The Bertz CT molecular complexity index is 724. The zero-order valence-corrected chi connectivity index (χ0v) is 15.2. The average molecular weight is 379 g/mol. The van der Waals surface area contributed by atoms with Gasteiger partial charge in [0, 0.05) is 19.2 Å². The molecule has 6 nitrogen and oxygen atoms in total. The van der Waals surface area contributed by atoms with Crippen molar-refractivity contribution in [2.75, 3.05) is 27.3 Å². The minimum atomic E-state index is -2.86. The van der Waals surface area contributed by atoms with Crippen LogP contribution < -0.4 is 24.8 Å². The highest BCUT2D eigenvalue weighted by Crippen LogP contribution is 2.20. The van der Waals surface area contributed by atoms with Crippen LogP contribution in [0.2, 0.25) is 0 Å². The lowest BCUT2D eigenvalue weighted by atomic mass is 10.2. The van der Waals surface area contributed by atoms with Crippen LogP contribution in [0.5, 0.6) is 17.2 Å². The van der Waals surface area contributed by atoms with Gasteiger partial charge in [0.15, 0.2) is 5.96 Å². The monoisotopic (exact) mass is 379 g/mol. The van der Waals surface area contributed by atoms with Gasteiger partial charge in [-0.1, -0.05) is 18.2 Å². The third kappa shape index (κ3) is 7.01. The number of ether oxygens (including phenoxy) is 3. The Kier molecular flexibility index (Phi) is 8.15. The van der Waals surface area contributed by atoms with E-state index in [1.54, 1.807) is 32.4 Å². The summed E-state index contributed by atoms with van der Waals surface area (Å²) in [5.74, 6) is 2.17. The number of rotatable bonds is 9. The lowest BCUT2D eigenvalue weighted by molar-refractivity contribution is -0.0504. The van der Waals surface area contributed by atoms with Crippen molar-refractivity contribution in [3.05, 3.63) is 54.1 Å². The first-order valence-corrected chi connectivity index (χ1v) is 8.36. The smallest absolute Gasteiger partial charge is 0.387 e. The first kappa shape index (κ1) is 20.3. The predicted octanol–water partition coefficient (Wildman–Crippen LogP) is 3.04. The summed E-state index contributed by atoms with van der Waals surface area (Å²) in [7, 11) is 3.23. The standard InChI is InChI=1S/C19H23F2N3O3/c1-22-19(23-11-12-26-16-9-7-15(25-2)8-10-16)24-13-14-5-3-4-6-17(14)27-18(20)21/h3-10,18H,11-13H2,1-2H3,(H2,22,23,24). The molecule has 146 valence electrons. The van der Waals surface area contributed by atoms with Crippen molar-refractivity contribution in [2.45, 2.75) is 13.2 Å². The summed E-state index contributed by atoms with van der Waals surface area (Å²) in [4.78, 5) is 4.09. The molecule has 0 fully saturated rings. The number of hydrogen-bond donors (Lipinski definition) is 2. The van der Waals surface area contributed by atoms with Gasteiger partial charge in [-0.25, -0.2) is 0 Å². The van der Waals surface area contributed by atoms with Crippen molar-refractivity contribution in [1.29, 1.82) is 0 Å². The number of nitrogens with one attached hydrogen (secondary N) is 2. The van der Waals surface area contributed by atoms with Crippen LogP contribution >= 0.6 is 0 Å². The Hall–Kier alpha value is -3.03. The maximum absolute atomic E-state index is 12.5. The maximum atomic E-state index is 12.5. The number of hydrogen-bond acceptors (Lipinski definition) is 4. The van der Waals surface area contributed by atoms with E-state index in [2.05, 4.69) is 20.4 Å². The number of methoxy groups -OCH3 is 1. The SMILES string of the molecule is CN=C(NCCOc1ccc(OC)cc1)NCc1ccccc1OC(F)F. The lowest BCUT2D eigenvalue weighted by Crippen LogP contribution is -2.39. The zero-order valence-electron chi connectivity index (χ0n) is 15.2. The second-order valence-corrected chi connectivity index (χ2v) is 5.36. The molecule has 2 aromatic rings. The molecule has 2 aromatic carbocycles. The number of nitrogens with zero attached hydrogens (tertiary/aromatic N) is 1. The Balaban J connectivity index is 1.76. The summed E-state index contributed by atoms with van der Waals surface area (Å²) in [5.41, 5.74) is 0.607. The van der Waals surface area contributed by atoms with Gasteiger partial charge in [0.2, 0.25) is 0 Å². The van der Waals surface area contributed by atoms with E-state index < -0.39 is 6.61 Å². The molecule has 0 aliphatic rings. The lowest BCUT2D eigenvalue weighted by Gasteiger charge is -2.14. The minimum Gasteiger partial charge on any atom is -0.497 e. The molecule has 27 heavy (non-hydrogen) atoms. The van der Waals surface area contributed by atoms with Crippen LogP contribution in [-0.2, 0) is 6.54 Å². The molecular weight excluding hydrogens is 356 g/mol. The zero-order chi connectivity index (χ0) is 19.5. The molecule has 0 atom stereocenters. The van der Waals surface area contributed by atoms with Crippen LogP contribution in [0, 0.1) is 0 Å². The first-order chi connectivity index (χ1) is 13.1. The second kappa shape index (κ2) is 10.8. The van der Waals surface area contributed by atoms with Gasteiger partial charge in [0.25, 0.3) is 0 Å². The van der Waals surface area contributed by atoms with Gasteiger partial charge in [-0.3, -0.25) is 4.99 Å². The summed E-state index contributed by atoms with van der Waals surface area (Å²) >= 11 is 0. The van der Waals surface area contributed by atoms with Crippen molar-refractivity contribution in [3.63, 3.8) is 0 Å². The van der Waals surface area contributed by atoms with Crippen molar-refractivity contribution in [1.82, 2.24) is 10.6 Å². The van der Waals surface area contributed by atoms with Gasteiger partial charge in [0.05, 0.1) is 13.7 Å². The van der Waals surface area contributed by atoms with E-state index in [0.29, 0.717) is 31.2 Å².